The van der Waals surface area contributed by atoms with Gasteiger partial charge in [-0.3, -0.25) is 4.68 Å². The van der Waals surface area contributed by atoms with Crippen molar-refractivity contribution in [3.05, 3.63) is 31.0 Å². The van der Waals surface area contributed by atoms with Crippen LogP contribution >= 0.6 is 0 Å². The van der Waals surface area contributed by atoms with Crippen LogP contribution in [0.2, 0.25) is 0 Å². The SMILES string of the molecule is Cn1ccc2c(-c3cnn(C(CC=O)C4CCCC4)c3)ncnc21. The van der Waals surface area contributed by atoms with E-state index in [0.717, 1.165) is 28.6 Å². The van der Waals surface area contributed by atoms with Crippen LogP contribution in [0.3, 0.4) is 0 Å². The molecule has 6 heteroatoms. The third-order valence-corrected chi connectivity index (χ3v) is 5.16. The van der Waals surface area contributed by atoms with Crippen molar-refractivity contribution < 1.29 is 4.79 Å². The van der Waals surface area contributed by atoms with Crippen LogP contribution < -0.4 is 0 Å². The number of nitrogens with zero attached hydrogens (tertiary/aromatic N) is 5. The van der Waals surface area contributed by atoms with Crippen molar-refractivity contribution in [3.8, 4) is 11.3 Å². The van der Waals surface area contributed by atoms with Gasteiger partial charge in [-0.1, -0.05) is 12.8 Å². The van der Waals surface area contributed by atoms with Gasteiger partial charge in [0.1, 0.15) is 18.3 Å². The van der Waals surface area contributed by atoms with E-state index < -0.39 is 0 Å². The quantitative estimate of drug-likeness (QED) is 0.677. The molecule has 6 nitrogen and oxygen atoms in total. The Morgan fingerprint density at radius 1 is 1.33 bits per heavy atom. The summed E-state index contributed by atoms with van der Waals surface area (Å²) in [4.78, 5) is 19.9. The molecule has 1 aliphatic carbocycles. The monoisotopic (exact) mass is 323 g/mol. The summed E-state index contributed by atoms with van der Waals surface area (Å²) < 4.78 is 3.95. The van der Waals surface area contributed by atoms with E-state index in [1.165, 1.54) is 25.7 Å². The molecule has 4 rings (SSSR count). The standard InChI is InChI=1S/C18H21N5O/c1-22-8-6-15-17(19-12-20-18(15)22)14-10-21-23(11-14)16(7-9-24)13-4-2-3-5-13/h6,8-13,16H,2-5,7H2,1H3. The molecule has 3 heterocycles. The molecule has 1 atom stereocenters. The molecule has 3 aromatic heterocycles. The molecule has 0 bridgehead atoms. The van der Waals surface area contributed by atoms with Gasteiger partial charge in [-0.15, -0.1) is 0 Å². The Labute approximate surface area is 140 Å². The normalized spacial score (nSPS) is 16.7. The van der Waals surface area contributed by atoms with Crippen LogP contribution in [0.4, 0.5) is 0 Å². The van der Waals surface area contributed by atoms with Gasteiger partial charge in [0.2, 0.25) is 0 Å². The minimum absolute atomic E-state index is 0.159. The number of rotatable bonds is 5. The summed E-state index contributed by atoms with van der Waals surface area (Å²) in [5.74, 6) is 0.546. The van der Waals surface area contributed by atoms with Gasteiger partial charge in [0.15, 0.2) is 0 Å². The zero-order valence-corrected chi connectivity index (χ0v) is 13.8. The summed E-state index contributed by atoms with van der Waals surface area (Å²) in [7, 11) is 1.97. The Bertz CT molecular complexity index is 859. The van der Waals surface area contributed by atoms with Crippen molar-refractivity contribution in [1.82, 2.24) is 24.3 Å². The summed E-state index contributed by atoms with van der Waals surface area (Å²) >= 11 is 0. The predicted molar refractivity (Wildman–Crippen MR) is 91.4 cm³/mol. The van der Waals surface area contributed by atoms with Gasteiger partial charge in [-0.2, -0.15) is 5.10 Å². The zero-order valence-electron chi connectivity index (χ0n) is 13.8. The number of hydrogen-bond donors (Lipinski definition) is 0. The lowest BCUT2D eigenvalue weighted by Gasteiger charge is -2.21. The first-order chi connectivity index (χ1) is 11.8. The lowest BCUT2D eigenvalue weighted by atomic mass is 9.96. The number of aromatic nitrogens is 5. The zero-order chi connectivity index (χ0) is 16.5. The Morgan fingerprint density at radius 3 is 2.96 bits per heavy atom. The largest absolute Gasteiger partial charge is 0.335 e. The minimum atomic E-state index is 0.159. The molecule has 0 aromatic carbocycles. The highest BCUT2D eigenvalue weighted by Gasteiger charge is 2.27. The second-order valence-corrected chi connectivity index (χ2v) is 6.61. The van der Waals surface area contributed by atoms with Crippen molar-refractivity contribution in [3.63, 3.8) is 0 Å². The van der Waals surface area contributed by atoms with E-state index in [-0.39, 0.29) is 6.04 Å². The molecule has 0 aliphatic heterocycles. The fourth-order valence-electron chi connectivity index (χ4n) is 3.91. The van der Waals surface area contributed by atoms with Crippen molar-refractivity contribution in [2.45, 2.75) is 38.1 Å². The molecule has 124 valence electrons. The summed E-state index contributed by atoms with van der Waals surface area (Å²) in [6.07, 6.45) is 13.9. The molecule has 1 aliphatic rings. The van der Waals surface area contributed by atoms with E-state index in [1.807, 2.05) is 41.0 Å². The van der Waals surface area contributed by atoms with Crippen LogP contribution in [0.5, 0.6) is 0 Å². The van der Waals surface area contributed by atoms with E-state index >= 15 is 0 Å². The number of aldehydes is 1. The second kappa shape index (κ2) is 6.19. The van der Waals surface area contributed by atoms with Crippen LogP contribution in [0.15, 0.2) is 31.0 Å². The maximum atomic E-state index is 11.1. The van der Waals surface area contributed by atoms with Gasteiger partial charge in [0, 0.05) is 36.8 Å². The molecule has 1 fully saturated rings. The minimum Gasteiger partial charge on any atom is -0.335 e. The molecule has 0 amide bonds. The van der Waals surface area contributed by atoms with E-state index in [0.29, 0.717) is 12.3 Å². The van der Waals surface area contributed by atoms with E-state index in [9.17, 15) is 4.79 Å². The van der Waals surface area contributed by atoms with E-state index in [2.05, 4.69) is 15.1 Å². The van der Waals surface area contributed by atoms with Gasteiger partial charge < -0.3 is 9.36 Å². The van der Waals surface area contributed by atoms with Gasteiger partial charge in [-0.25, -0.2) is 9.97 Å². The molecule has 1 saturated carbocycles. The highest BCUT2D eigenvalue weighted by Crippen LogP contribution is 2.36. The van der Waals surface area contributed by atoms with Crippen LogP contribution in [-0.2, 0) is 11.8 Å². The number of carbonyl (C=O) groups is 1. The first-order valence-corrected chi connectivity index (χ1v) is 8.52. The van der Waals surface area contributed by atoms with Gasteiger partial charge in [0.05, 0.1) is 17.9 Å². The maximum Gasteiger partial charge on any atom is 0.143 e. The smallest absolute Gasteiger partial charge is 0.143 e. The van der Waals surface area contributed by atoms with E-state index in [4.69, 9.17) is 0 Å². The van der Waals surface area contributed by atoms with Gasteiger partial charge in [-0.05, 0) is 24.8 Å². The highest BCUT2D eigenvalue weighted by atomic mass is 16.1. The number of aryl methyl sites for hydroxylation is 1. The molecule has 24 heavy (non-hydrogen) atoms. The number of fused-ring (bicyclic) bond motifs is 1. The average molecular weight is 323 g/mol. The molecule has 3 aromatic rings. The Kier molecular flexibility index (Phi) is 3.88. The summed E-state index contributed by atoms with van der Waals surface area (Å²) in [5, 5.41) is 5.58. The molecule has 0 saturated heterocycles. The summed E-state index contributed by atoms with van der Waals surface area (Å²) in [6, 6.07) is 2.19. The molecule has 0 N–H and O–H groups in total. The average Bonchev–Trinajstić information content (AvgIpc) is 3.34. The van der Waals surface area contributed by atoms with Crippen LogP contribution in [0.25, 0.3) is 22.3 Å². The highest BCUT2D eigenvalue weighted by molar-refractivity contribution is 5.90. The fraction of sp³-hybridized carbons (Fsp3) is 0.444. The van der Waals surface area contributed by atoms with Crippen LogP contribution in [0, 0.1) is 5.92 Å². The van der Waals surface area contributed by atoms with Crippen molar-refractivity contribution in [2.24, 2.45) is 13.0 Å². The summed E-state index contributed by atoms with van der Waals surface area (Å²) in [5.41, 5.74) is 2.78. The molecule has 0 radical (unpaired) electrons. The third kappa shape index (κ3) is 2.52. The topological polar surface area (TPSA) is 65.6 Å². The predicted octanol–water partition coefficient (Wildman–Crippen LogP) is 3.15. The Balaban J connectivity index is 1.71. The van der Waals surface area contributed by atoms with Crippen molar-refractivity contribution in [2.75, 3.05) is 0 Å². The first-order valence-electron chi connectivity index (χ1n) is 8.52. The van der Waals surface area contributed by atoms with Crippen LogP contribution in [-0.4, -0.2) is 30.6 Å². The lowest BCUT2D eigenvalue weighted by molar-refractivity contribution is -0.108. The second-order valence-electron chi connectivity index (χ2n) is 6.61. The molecule has 0 spiro atoms. The number of hydrogen-bond acceptors (Lipinski definition) is 4. The van der Waals surface area contributed by atoms with Crippen molar-refractivity contribution in [1.29, 1.82) is 0 Å². The number of carbonyl (C=O) groups excluding carboxylic acids is 1. The fourth-order valence-corrected chi connectivity index (χ4v) is 3.91. The van der Waals surface area contributed by atoms with E-state index in [1.54, 1.807) is 6.33 Å². The Morgan fingerprint density at radius 2 is 2.17 bits per heavy atom. The van der Waals surface area contributed by atoms with Crippen LogP contribution in [0.1, 0.15) is 38.1 Å². The molecular weight excluding hydrogens is 302 g/mol. The van der Waals surface area contributed by atoms with Gasteiger partial charge in [0.25, 0.3) is 0 Å². The third-order valence-electron chi connectivity index (χ3n) is 5.16. The molecule has 1 unspecified atom stereocenters. The van der Waals surface area contributed by atoms with Crippen molar-refractivity contribution >= 4 is 17.3 Å². The van der Waals surface area contributed by atoms with Gasteiger partial charge >= 0.3 is 0 Å². The maximum absolute atomic E-state index is 11.1. The Hall–Kier alpha value is -2.50. The first kappa shape index (κ1) is 15.1. The molecular formula is C18H21N5O. The summed E-state index contributed by atoms with van der Waals surface area (Å²) in [6.45, 7) is 0. The lowest BCUT2D eigenvalue weighted by Crippen LogP contribution is -2.18.